The summed E-state index contributed by atoms with van der Waals surface area (Å²) in [5.41, 5.74) is 1.48. The van der Waals surface area contributed by atoms with Crippen LogP contribution in [-0.2, 0) is 0 Å². The van der Waals surface area contributed by atoms with Crippen molar-refractivity contribution >= 4 is 5.95 Å². The Labute approximate surface area is 118 Å². The van der Waals surface area contributed by atoms with Crippen LogP contribution in [-0.4, -0.2) is 16.6 Å². The molecule has 0 amide bonds. The Morgan fingerprint density at radius 1 is 1.35 bits per heavy atom. The maximum atomic E-state index is 13.6. The van der Waals surface area contributed by atoms with Gasteiger partial charge in [0.05, 0.1) is 12.6 Å². The normalized spacial score (nSPS) is 12.0. The molecule has 0 aliphatic heterocycles. The average molecular weight is 275 g/mol. The van der Waals surface area contributed by atoms with Crippen LogP contribution in [0.3, 0.4) is 0 Å². The molecule has 0 aliphatic rings. The van der Waals surface area contributed by atoms with Gasteiger partial charge in [-0.2, -0.15) is 4.98 Å². The smallest absolute Gasteiger partial charge is 0.226 e. The summed E-state index contributed by atoms with van der Waals surface area (Å²) in [7, 11) is 0. The van der Waals surface area contributed by atoms with Crippen molar-refractivity contribution in [1.82, 2.24) is 9.97 Å². The van der Waals surface area contributed by atoms with Crippen molar-refractivity contribution in [3.63, 3.8) is 0 Å². The van der Waals surface area contributed by atoms with Gasteiger partial charge < -0.3 is 10.1 Å². The lowest BCUT2D eigenvalue weighted by molar-refractivity contribution is 0.326. The van der Waals surface area contributed by atoms with Crippen LogP contribution >= 0.6 is 0 Å². The maximum Gasteiger partial charge on any atom is 0.226 e. The second kappa shape index (κ2) is 6.32. The molecule has 5 heteroatoms. The lowest BCUT2D eigenvalue weighted by atomic mass is 10.1. The van der Waals surface area contributed by atoms with E-state index < -0.39 is 0 Å². The minimum Gasteiger partial charge on any atom is -0.478 e. The fraction of sp³-hybridized carbons (Fsp3) is 0.333. The number of nitrogens with zero attached hydrogens (tertiary/aromatic N) is 2. The van der Waals surface area contributed by atoms with Crippen LogP contribution in [0.25, 0.3) is 0 Å². The number of halogens is 1. The number of benzene rings is 1. The Balaban J connectivity index is 2.12. The number of aryl methyl sites for hydroxylation is 1. The first kappa shape index (κ1) is 14.2. The molecule has 0 radical (unpaired) electrons. The molecule has 20 heavy (non-hydrogen) atoms. The number of nitrogens with one attached hydrogen (secondary N) is 1. The van der Waals surface area contributed by atoms with Gasteiger partial charge in [0, 0.05) is 12.3 Å². The van der Waals surface area contributed by atoms with Gasteiger partial charge in [0.1, 0.15) is 5.82 Å². The summed E-state index contributed by atoms with van der Waals surface area (Å²) < 4.78 is 18.9. The predicted octanol–water partition coefficient (Wildman–Crippen LogP) is 3.50. The molecule has 0 saturated carbocycles. The van der Waals surface area contributed by atoms with Crippen molar-refractivity contribution in [1.29, 1.82) is 0 Å². The molecule has 1 atom stereocenters. The zero-order chi connectivity index (χ0) is 14.5. The average Bonchev–Trinajstić information content (AvgIpc) is 2.42. The number of ether oxygens (including phenoxy) is 1. The molecule has 0 saturated heterocycles. The van der Waals surface area contributed by atoms with Crippen LogP contribution < -0.4 is 10.1 Å². The molecule has 1 N–H and O–H groups in total. The van der Waals surface area contributed by atoms with E-state index in [0.717, 1.165) is 5.56 Å². The highest BCUT2D eigenvalue weighted by atomic mass is 19.1. The van der Waals surface area contributed by atoms with E-state index in [1.807, 2.05) is 19.9 Å². The Bertz CT molecular complexity index is 589. The van der Waals surface area contributed by atoms with E-state index in [1.165, 1.54) is 6.07 Å². The molecule has 0 aliphatic carbocycles. The highest BCUT2D eigenvalue weighted by Gasteiger charge is 2.09. The van der Waals surface area contributed by atoms with Gasteiger partial charge >= 0.3 is 0 Å². The molecule has 1 aromatic carbocycles. The van der Waals surface area contributed by atoms with E-state index in [9.17, 15) is 4.39 Å². The van der Waals surface area contributed by atoms with Gasteiger partial charge in [-0.1, -0.05) is 12.1 Å². The lowest BCUT2D eigenvalue weighted by Gasteiger charge is -2.15. The minimum absolute atomic E-state index is 0.0954. The second-order valence-electron chi connectivity index (χ2n) is 4.53. The topological polar surface area (TPSA) is 47.0 Å². The van der Waals surface area contributed by atoms with Crippen molar-refractivity contribution in [3.8, 4) is 5.88 Å². The third kappa shape index (κ3) is 3.44. The SMILES string of the molecule is CCOc1ccnc(NC(C)c2ccc(C)c(F)c2)n1. The van der Waals surface area contributed by atoms with Crippen molar-refractivity contribution in [2.24, 2.45) is 0 Å². The first-order valence-electron chi connectivity index (χ1n) is 6.58. The standard InChI is InChI=1S/C15H18FN3O/c1-4-20-14-7-8-17-15(19-14)18-11(3)12-6-5-10(2)13(16)9-12/h5-9,11H,4H2,1-3H3,(H,17,18,19). The monoisotopic (exact) mass is 275 g/mol. The minimum atomic E-state index is -0.208. The van der Waals surface area contributed by atoms with Crippen LogP contribution in [0, 0.1) is 12.7 Å². The van der Waals surface area contributed by atoms with Gasteiger partial charge in [-0.3, -0.25) is 0 Å². The Morgan fingerprint density at radius 2 is 2.15 bits per heavy atom. The zero-order valence-corrected chi connectivity index (χ0v) is 11.9. The Hall–Kier alpha value is -2.17. The molecule has 0 spiro atoms. The molecule has 4 nitrogen and oxygen atoms in total. The van der Waals surface area contributed by atoms with E-state index in [4.69, 9.17) is 4.74 Å². The van der Waals surface area contributed by atoms with E-state index in [0.29, 0.717) is 24.0 Å². The van der Waals surface area contributed by atoms with Gasteiger partial charge in [-0.05, 0) is 38.0 Å². The predicted molar refractivity (Wildman–Crippen MR) is 76.4 cm³/mol. The first-order chi connectivity index (χ1) is 9.60. The first-order valence-corrected chi connectivity index (χ1v) is 6.58. The quantitative estimate of drug-likeness (QED) is 0.907. The number of aromatic nitrogens is 2. The molecule has 2 rings (SSSR count). The number of hydrogen-bond acceptors (Lipinski definition) is 4. The van der Waals surface area contributed by atoms with Crippen molar-refractivity contribution < 1.29 is 9.13 Å². The van der Waals surface area contributed by atoms with Crippen LogP contribution in [0.2, 0.25) is 0 Å². The van der Waals surface area contributed by atoms with Crippen molar-refractivity contribution in [2.45, 2.75) is 26.8 Å². The molecule has 1 heterocycles. The molecule has 106 valence electrons. The summed E-state index contributed by atoms with van der Waals surface area (Å²) in [4.78, 5) is 8.36. The lowest BCUT2D eigenvalue weighted by Crippen LogP contribution is -2.10. The Kier molecular flexibility index (Phi) is 4.50. The number of rotatable bonds is 5. The van der Waals surface area contributed by atoms with Gasteiger partial charge in [0.25, 0.3) is 0 Å². The van der Waals surface area contributed by atoms with E-state index >= 15 is 0 Å². The Morgan fingerprint density at radius 3 is 2.85 bits per heavy atom. The van der Waals surface area contributed by atoms with Crippen LogP contribution in [0.1, 0.15) is 31.0 Å². The summed E-state index contributed by atoms with van der Waals surface area (Å²) in [5.74, 6) is 0.775. The number of anilines is 1. The maximum absolute atomic E-state index is 13.6. The molecule has 2 aromatic rings. The van der Waals surface area contributed by atoms with E-state index in [-0.39, 0.29) is 11.9 Å². The highest BCUT2D eigenvalue weighted by molar-refractivity contribution is 5.34. The van der Waals surface area contributed by atoms with E-state index in [1.54, 1.807) is 25.3 Å². The molecule has 1 unspecified atom stereocenters. The fourth-order valence-electron chi connectivity index (χ4n) is 1.80. The summed E-state index contributed by atoms with van der Waals surface area (Å²) in [6, 6.07) is 6.79. The van der Waals surface area contributed by atoms with Gasteiger partial charge in [0.15, 0.2) is 0 Å². The number of hydrogen-bond donors (Lipinski definition) is 1. The van der Waals surface area contributed by atoms with Gasteiger partial charge in [-0.15, -0.1) is 0 Å². The van der Waals surface area contributed by atoms with Crippen LogP contribution in [0.4, 0.5) is 10.3 Å². The third-order valence-corrected chi connectivity index (χ3v) is 2.96. The third-order valence-electron chi connectivity index (χ3n) is 2.96. The van der Waals surface area contributed by atoms with Gasteiger partial charge in [-0.25, -0.2) is 9.37 Å². The molecular formula is C15H18FN3O. The molecule has 1 aromatic heterocycles. The molecule has 0 fully saturated rings. The fourth-order valence-corrected chi connectivity index (χ4v) is 1.80. The molecular weight excluding hydrogens is 257 g/mol. The zero-order valence-electron chi connectivity index (χ0n) is 11.9. The molecule has 0 bridgehead atoms. The van der Waals surface area contributed by atoms with E-state index in [2.05, 4.69) is 15.3 Å². The van der Waals surface area contributed by atoms with Gasteiger partial charge in [0.2, 0.25) is 11.8 Å². The van der Waals surface area contributed by atoms with Crippen molar-refractivity contribution in [3.05, 3.63) is 47.4 Å². The van der Waals surface area contributed by atoms with Crippen LogP contribution in [0.15, 0.2) is 30.5 Å². The second-order valence-corrected chi connectivity index (χ2v) is 4.53. The summed E-state index contributed by atoms with van der Waals surface area (Å²) in [6.45, 7) is 6.12. The largest absolute Gasteiger partial charge is 0.478 e. The van der Waals surface area contributed by atoms with Crippen molar-refractivity contribution in [2.75, 3.05) is 11.9 Å². The summed E-state index contributed by atoms with van der Waals surface area (Å²) >= 11 is 0. The highest BCUT2D eigenvalue weighted by Crippen LogP contribution is 2.20. The van der Waals surface area contributed by atoms with Crippen LogP contribution in [0.5, 0.6) is 5.88 Å². The summed E-state index contributed by atoms with van der Waals surface area (Å²) in [5, 5.41) is 3.13. The summed E-state index contributed by atoms with van der Waals surface area (Å²) in [6.07, 6.45) is 1.63.